The Bertz CT molecular complexity index is 774. The summed E-state index contributed by atoms with van der Waals surface area (Å²) in [5.41, 5.74) is 6.44. The predicted molar refractivity (Wildman–Crippen MR) is 144 cm³/mol. The Morgan fingerprint density at radius 2 is 1.33 bits per heavy atom. The summed E-state index contributed by atoms with van der Waals surface area (Å²) in [4.78, 5) is 10.9. The van der Waals surface area contributed by atoms with E-state index in [2.05, 4.69) is 90.4 Å². The van der Waals surface area contributed by atoms with Gasteiger partial charge in [-0.25, -0.2) is 0 Å². The third kappa shape index (κ3) is 11.4. The molecule has 14 N–H and O–H groups in total. The largest absolute Gasteiger partial charge is 1.00 e. The summed E-state index contributed by atoms with van der Waals surface area (Å²) in [6.45, 7) is 0. The van der Waals surface area contributed by atoms with E-state index in [0.717, 1.165) is 12.7 Å². The van der Waals surface area contributed by atoms with Gasteiger partial charge in [0.25, 0.3) is 0 Å². The maximum atomic E-state index is 10.9. The molecule has 0 bridgehead atoms. The van der Waals surface area contributed by atoms with Gasteiger partial charge in [0.1, 0.15) is 17.5 Å². The van der Waals surface area contributed by atoms with Crippen LogP contribution < -0.4 is 40.0 Å². The van der Waals surface area contributed by atoms with E-state index in [1.807, 2.05) is 12.1 Å². The van der Waals surface area contributed by atoms with Crippen LogP contribution in [-0.4, -0.2) is 49.6 Å². The van der Waals surface area contributed by atoms with E-state index in [4.69, 9.17) is 15.6 Å². The van der Waals surface area contributed by atoms with Gasteiger partial charge in [-0.3, -0.25) is 4.79 Å². The van der Waals surface area contributed by atoms with Gasteiger partial charge in [0.2, 0.25) is 0 Å². The van der Waals surface area contributed by atoms with Crippen molar-refractivity contribution in [2.45, 2.75) is 12.5 Å². The SMILES string of the molecule is N[C@@H](Cc1cc(I)c(Oc2cc(I)c(O)c(I)c2)c(I)c1)C(=O)O.O.O.O.O.O.[H-].[Na+]. The van der Waals surface area contributed by atoms with Gasteiger partial charge >= 0.3 is 35.5 Å². The summed E-state index contributed by atoms with van der Waals surface area (Å²) in [6.07, 6.45) is 0.261. The van der Waals surface area contributed by atoms with Gasteiger partial charge in [-0.1, -0.05) is 0 Å². The second-order valence-corrected chi connectivity index (χ2v) is 9.52. The van der Waals surface area contributed by atoms with Gasteiger partial charge in [-0.05, 0) is 127 Å². The van der Waals surface area contributed by atoms with Crippen LogP contribution in [0.4, 0.5) is 0 Å². The number of carbonyl (C=O) groups is 1. The van der Waals surface area contributed by atoms with Crippen molar-refractivity contribution in [3.8, 4) is 17.2 Å². The Hall–Kier alpha value is 1.19. The summed E-state index contributed by atoms with van der Waals surface area (Å²) < 4.78 is 9.14. The smallest absolute Gasteiger partial charge is 1.00 e. The first-order valence-electron chi connectivity index (χ1n) is 6.51. The molecule has 1 atom stereocenters. The van der Waals surface area contributed by atoms with Gasteiger partial charge in [-0.2, -0.15) is 0 Å². The van der Waals surface area contributed by atoms with Crippen LogP contribution in [0.1, 0.15) is 6.99 Å². The summed E-state index contributed by atoms with van der Waals surface area (Å²) in [6, 6.07) is 6.34. The topological polar surface area (TPSA) is 250 Å². The quantitative estimate of drug-likeness (QED) is 0.218. The number of phenols is 1. The molecule has 2 aromatic carbocycles. The maximum Gasteiger partial charge on any atom is 1.00 e. The standard InChI is InChI=1S/C15H11I4NO4.Na.5H2O.H/c16-8-4-7(5-9(17)13(8)21)24-14-10(18)1-6(2-11(14)19)3-12(20)15(22)23;;;;;;;/h1-2,4-5,12,21H,3,20H2,(H,22,23);;5*1H2;/q;+1;;;;;;-1/t12-;;;;;;;/m0......./s1. The molecule has 0 saturated carbocycles. The molecule has 0 aliphatic carbocycles. The van der Waals surface area contributed by atoms with Gasteiger partial charge in [0, 0.05) is 0 Å². The molecule has 0 aliphatic rings. The van der Waals surface area contributed by atoms with Crippen molar-refractivity contribution in [2.24, 2.45) is 5.73 Å². The molecule has 0 saturated heterocycles. The molecule has 2 aromatic rings. The van der Waals surface area contributed by atoms with Gasteiger partial charge in [-0.15, -0.1) is 0 Å². The first-order chi connectivity index (χ1) is 11.2. The molecular weight excluding hydrogens is 869 g/mol. The second kappa shape index (κ2) is 18.6. The first kappa shape index (κ1) is 41.4. The minimum atomic E-state index is -1.02. The predicted octanol–water partition coefficient (Wildman–Crippen LogP) is -2.45. The summed E-state index contributed by atoms with van der Waals surface area (Å²) in [5.74, 6) is 0.549. The minimum Gasteiger partial charge on any atom is -1.00 e. The average Bonchev–Trinajstić information content (AvgIpc) is 2.48. The number of benzene rings is 2. The van der Waals surface area contributed by atoms with Crippen molar-refractivity contribution in [1.29, 1.82) is 0 Å². The van der Waals surface area contributed by atoms with E-state index >= 15 is 0 Å². The van der Waals surface area contributed by atoms with Crippen molar-refractivity contribution in [2.75, 3.05) is 0 Å². The Morgan fingerprint density at radius 3 is 1.70 bits per heavy atom. The van der Waals surface area contributed by atoms with Crippen LogP contribution >= 0.6 is 90.4 Å². The Balaban J connectivity index is -0.000000223. The molecule has 0 unspecified atom stereocenters. The number of rotatable bonds is 5. The molecule has 0 aromatic heterocycles. The number of hydrogen-bond acceptors (Lipinski definition) is 4. The van der Waals surface area contributed by atoms with Crippen LogP contribution in [0.3, 0.4) is 0 Å². The van der Waals surface area contributed by atoms with E-state index in [9.17, 15) is 9.90 Å². The molecule has 30 heavy (non-hydrogen) atoms. The number of halogens is 4. The molecule has 2 rings (SSSR count). The fraction of sp³-hybridized carbons (Fsp3) is 0.133. The van der Waals surface area contributed by atoms with E-state index in [1.165, 1.54) is 0 Å². The van der Waals surface area contributed by atoms with Crippen molar-refractivity contribution in [1.82, 2.24) is 0 Å². The van der Waals surface area contributed by atoms with Gasteiger partial charge in [0.15, 0.2) is 5.75 Å². The molecule has 0 aliphatic heterocycles. The molecule has 10 nitrogen and oxygen atoms in total. The van der Waals surface area contributed by atoms with Crippen LogP contribution in [0.5, 0.6) is 17.2 Å². The minimum absolute atomic E-state index is 0. The molecule has 170 valence electrons. The second-order valence-electron chi connectivity index (χ2n) is 4.88. The zero-order valence-electron chi connectivity index (χ0n) is 16.4. The fourth-order valence-corrected chi connectivity index (χ4v) is 5.72. The molecule has 0 heterocycles. The van der Waals surface area contributed by atoms with Crippen LogP contribution in [0.15, 0.2) is 24.3 Å². The monoisotopic (exact) mass is 891 g/mol. The van der Waals surface area contributed by atoms with E-state index in [-0.39, 0.29) is 70.5 Å². The number of phenolic OH excluding ortho intramolecular Hbond substituents is 1. The van der Waals surface area contributed by atoms with Crippen LogP contribution in [0.25, 0.3) is 0 Å². The third-order valence-corrected chi connectivity index (χ3v) is 6.29. The number of aliphatic carboxylic acids is 1. The van der Waals surface area contributed by atoms with Crippen molar-refractivity contribution in [3.05, 3.63) is 44.1 Å². The van der Waals surface area contributed by atoms with E-state index < -0.39 is 12.0 Å². The number of hydrogen-bond donors (Lipinski definition) is 3. The van der Waals surface area contributed by atoms with Gasteiger partial charge < -0.3 is 49.5 Å². The van der Waals surface area contributed by atoms with Gasteiger partial charge in [0.05, 0.1) is 14.3 Å². The first-order valence-corrected chi connectivity index (χ1v) is 10.8. The Morgan fingerprint density at radius 1 is 0.933 bits per heavy atom. The van der Waals surface area contributed by atoms with Crippen molar-refractivity contribution < 1.29 is 78.1 Å². The molecule has 0 fully saturated rings. The normalized spacial score (nSPS) is 9.63. The third-order valence-electron chi connectivity index (χ3n) is 3.04. The van der Waals surface area contributed by atoms with Crippen molar-refractivity contribution >= 4 is 96.3 Å². The number of nitrogens with two attached hydrogens (primary N) is 1. The number of carboxylic acid groups (broad SMARTS) is 1. The molecule has 0 amide bonds. The summed E-state index contributed by atoms with van der Waals surface area (Å²) in [7, 11) is 0. The van der Waals surface area contributed by atoms with Crippen LogP contribution in [0.2, 0.25) is 0 Å². The molecular formula is C15H22I4NNaO9. The zero-order valence-corrected chi connectivity index (χ0v) is 26.0. The van der Waals surface area contributed by atoms with Crippen LogP contribution in [0, 0.1) is 14.3 Å². The van der Waals surface area contributed by atoms with E-state index in [1.54, 1.807) is 12.1 Å². The molecule has 15 heteroatoms. The molecule has 0 radical (unpaired) electrons. The number of aromatic hydroxyl groups is 1. The van der Waals surface area contributed by atoms with E-state index in [0.29, 0.717) is 18.6 Å². The maximum absolute atomic E-state index is 10.9. The number of ether oxygens (including phenoxy) is 1. The summed E-state index contributed by atoms with van der Waals surface area (Å²) >= 11 is 8.42. The van der Waals surface area contributed by atoms with Crippen molar-refractivity contribution in [3.63, 3.8) is 0 Å². The Labute approximate surface area is 250 Å². The summed E-state index contributed by atoms with van der Waals surface area (Å²) in [5, 5.41) is 18.8. The Kier molecular flexibility index (Phi) is 25.7. The van der Waals surface area contributed by atoms with Crippen LogP contribution in [-0.2, 0) is 11.2 Å². The number of carboxylic acids is 1. The molecule has 0 spiro atoms. The average molecular weight is 891 g/mol. The zero-order chi connectivity index (χ0) is 18.0. The fourth-order valence-electron chi connectivity index (χ4n) is 1.89.